The number of aryl methyl sites for hydroxylation is 1. The molecule has 1 aromatic carbocycles. The van der Waals surface area contributed by atoms with E-state index in [9.17, 15) is 14.1 Å². The van der Waals surface area contributed by atoms with Crippen LogP contribution >= 0.6 is 0 Å². The second kappa shape index (κ2) is 12.3. The maximum Gasteiger partial charge on any atom is 0.317 e. The Labute approximate surface area is 184 Å². The highest BCUT2D eigenvalue weighted by atomic mass is 19.1. The standard InChI is InChI=1S/C18H20FN3O3.C3H9N.C2H6/c1-3-22-9-15(22)16(25-11-18(4-5-18)10-20-24)17(23)21-14-7-12(2)6-13(19)8-14;1-3(2)4;1-2/h6-9H,3-5,10-11H2,1-2H3;3H,4H2,1-2H3;1-2H3/p+1/b16-15-;;. The number of anilines is 1. The van der Waals surface area contributed by atoms with Crippen molar-refractivity contribution < 1.29 is 18.5 Å². The summed E-state index contributed by atoms with van der Waals surface area (Å²) >= 11 is 0. The summed E-state index contributed by atoms with van der Waals surface area (Å²) in [5, 5.41) is 5.65. The van der Waals surface area contributed by atoms with E-state index in [1.54, 1.807) is 13.0 Å². The summed E-state index contributed by atoms with van der Waals surface area (Å²) in [6.45, 7) is 12.8. The van der Waals surface area contributed by atoms with Gasteiger partial charge in [0.25, 0.3) is 11.7 Å². The Bertz CT molecular complexity index is 807. The largest absolute Gasteiger partial charge is 0.482 e. The number of allylic oxidation sites excluding steroid dienone is 1. The van der Waals surface area contributed by atoms with Crippen molar-refractivity contribution in [3.63, 3.8) is 0 Å². The van der Waals surface area contributed by atoms with Crippen LogP contribution in [-0.2, 0) is 9.53 Å². The van der Waals surface area contributed by atoms with Crippen molar-refractivity contribution in [2.75, 3.05) is 25.0 Å². The molecule has 1 aliphatic heterocycles. The van der Waals surface area contributed by atoms with Gasteiger partial charge in [0.1, 0.15) is 12.4 Å². The molecule has 3 rings (SSSR count). The second-order valence-corrected chi connectivity index (χ2v) is 7.92. The fourth-order valence-corrected chi connectivity index (χ4v) is 2.71. The van der Waals surface area contributed by atoms with Crippen LogP contribution in [0.25, 0.3) is 0 Å². The fraction of sp³-hybridized carbons (Fsp3) is 0.565. The van der Waals surface area contributed by atoms with Crippen LogP contribution in [0.3, 0.4) is 0 Å². The number of carbonyl (C=O) groups is 1. The molecule has 3 N–H and O–H groups in total. The van der Waals surface area contributed by atoms with Gasteiger partial charge in [-0.2, -0.15) is 9.48 Å². The van der Waals surface area contributed by atoms with Gasteiger partial charge in [0.2, 0.25) is 6.21 Å². The van der Waals surface area contributed by atoms with Gasteiger partial charge in [-0.05, 0) is 56.5 Å². The van der Waals surface area contributed by atoms with Gasteiger partial charge < -0.3 is 15.8 Å². The molecule has 1 aromatic rings. The topological polar surface area (TPSA) is 96.8 Å². The lowest BCUT2D eigenvalue weighted by Gasteiger charge is -2.14. The van der Waals surface area contributed by atoms with Crippen LogP contribution in [0.15, 0.2) is 34.8 Å². The molecule has 0 atom stereocenters. The number of hydrogen-bond donors (Lipinski definition) is 2. The minimum atomic E-state index is -0.429. The maximum absolute atomic E-state index is 13.5. The third kappa shape index (κ3) is 8.96. The third-order valence-corrected chi connectivity index (χ3v) is 4.48. The number of nitroso groups, excluding NO2 is 1. The summed E-state index contributed by atoms with van der Waals surface area (Å²) in [4.78, 5) is 23.2. The van der Waals surface area contributed by atoms with Crippen LogP contribution in [-0.4, -0.2) is 42.4 Å². The van der Waals surface area contributed by atoms with Crippen LogP contribution < -0.4 is 11.1 Å². The van der Waals surface area contributed by atoms with E-state index >= 15 is 0 Å². The summed E-state index contributed by atoms with van der Waals surface area (Å²) in [7, 11) is 0. The first-order valence-electron chi connectivity index (χ1n) is 10.8. The molecule has 0 spiro atoms. The van der Waals surface area contributed by atoms with Crippen LogP contribution in [0.4, 0.5) is 10.1 Å². The van der Waals surface area contributed by atoms with Gasteiger partial charge in [-0.3, -0.25) is 4.79 Å². The molecular formula is C23H36FN4O3+. The number of halogens is 1. The highest BCUT2D eigenvalue weighted by Crippen LogP contribution is 2.46. The molecule has 0 bridgehead atoms. The molecule has 0 saturated heterocycles. The van der Waals surface area contributed by atoms with E-state index < -0.39 is 11.7 Å². The number of nitrogens with one attached hydrogen (secondary N) is 1. The molecule has 0 aromatic heterocycles. The Morgan fingerprint density at radius 2 is 1.94 bits per heavy atom. The first-order chi connectivity index (χ1) is 14.7. The van der Waals surface area contributed by atoms with Gasteiger partial charge in [0, 0.05) is 11.1 Å². The number of benzene rings is 1. The van der Waals surface area contributed by atoms with E-state index in [-0.39, 0.29) is 24.3 Å². The Kier molecular flexibility index (Phi) is 10.5. The van der Waals surface area contributed by atoms with Crippen molar-refractivity contribution in [1.29, 1.82) is 0 Å². The van der Waals surface area contributed by atoms with Crippen molar-refractivity contribution >= 4 is 17.8 Å². The fourth-order valence-electron chi connectivity index (χ4n) is 2.71. The highest BCUT2D eigenvalue weighted by molar-refractivity contribution is 6.06. The summed E-state index contributed by atoms with van der Waals surface area (Å²) in [5.41, 5.74) is 6.68. The predicted octanol–water partition coefficient (Wildman–Crippen LogP) is 4.34. The number of ether oxygens (including phenoxy) is 1. The van der Waals surface area contributed by atoms with Crippen molar-refractivity contribution in [3.8, 4) is 0 Å². The first-order valence-corrected chi connectivity index (χ1v) is 10.8. The molecule has 1 fully saturated rings. The van der Waals surface area contributed by atoms with Crippen LogP contribution in [0.1, 0.15) is 53.0 Å². The monoisotopic (exact) mass is 435 g/mol. The molecule has 172 valence electrons. The van der Waals surface area contributed by atoms with Crippen molar-refractivity contribution in [1.82, 2.24) is 0 Å². The average molecular weight is 436 g/mol. The van der Waals surface area contributed by atoms with E-state index in [0.717, 1.165) is 19.4 Å². The lowest BCUT2D eigenvalue weighted by atomic mass is 10.1. The van der Waals surface area contributed by atoms with Gasteiger partial charge in [-0.1, -0.05) is 32.9 Å². The zero-order chi connectivity index (χ0) is 23.6. The maximum atomic E-state index is 13.5. The minimum Gasteiger partial charge on any atom is -0.482 e. The number of hydrogen-bond acceptors (Lipinski definition) is 5. The molecule has 7 nitrogen and oxygen atoms in total. The van der Waals surface area contributed by atoms with Gasteiger partial charge in [-0.15, -0.1) is 0 Å². The van der Waals surface area contributed by atoms with Crippen LogP contribution in [0.5, 0.6) is 0 Å². The molecule has 8 heteroatoms. The summed E-state index contributed by atoms with van der Waals surface area (Å²) in [6.07, 6.45) is 3.56. The number of rotatable bonds is 8. The Balaban J connectivity index is 0.000000720. The quantitative estimate of drug-likeness (QED) is 0.275. The van der Waals surface area contributed by atoms with Crippen molar-refractivity contribution in [2.45, 2.75) is 60.4 Å². The van der Waals surface area contributed by atoms with Crippen molar-refractivity contribution in [3.05, 3.63) is 45.9 Å². The van der Waals surface area contributed by atoms with E-state index in [4.69, 9.17) is 10.5 Å². The molecule has 0 radical (unpaired) electrons. The molecule has 31 heavy (non-hydrogen) atoms. The van der Waals surface area contributed by atoms with E-state index in [2.05, 4.69) is 10.5 Å². The Morgan fingerprint density at radius 1 is 1.32 bits per heavy atom. The molecule has 1 saturated carbocycles. The number of amides is 1. The van der Waals surface area contributed by atoms with E-state index in [1.807, 2.05) is 45.4 Å². The third-order valence-electron chi connectivity index (χ3n) is 4.48. The van der Waals surface area contributed by atoms with Gasteiger partial charge in [0.15, 0.2) is 0 Å². The number of nitrogens with zero attached hydrogens (tertiary/aromatic N) is 2. The van der Waals surface area contributed by atoms with E-state index in [1.165, 1.54) is 12.1 Å². The lowest BCUT2D eigenvalue weighted by molar-refractivity contribution is -0.401. The summed E-state index contributed by atoms with van der Waals surface area (Å²) < 4.78 is 21.2. The predicted molar refractivity (Wildman–Crippen MR) is 123 cm³/mol. The smallest absolute Gasteiger partial charge is 0.317 e. The summed E-state index contributed by atoms with van der Waals surface area (Å²) in [5.74, 6) is -0.643. The van der Waals surface area contributed by atoms with Crippen LogP contribution in [0, 0.1) is 23.1 Å². The minimum absolute atomic E-state index is 0.195. The van der Waals surface area contributed by atoms with Gasteiger partial charge in [-0.25, -0.2) is 4.39 Å². The second-order valence-electron chi connectivity index (χ2n) is 7.92. The molecule has 1 heterocycles. The van der Waals surface area contributed by atoms with Crippen molar-refractivity contribution in [2.24, 2.45) is 16.3 Å². The Hall–Kier alpha value is -2.61. The Morgan fingerprint density at radius 3 is 2.39 bits per heavy atom. The molecule has 2 aliphatic rings. The zero-order valence-corrected chi connectivity index (χ0v) is 19.5. The van der Waals surface area contributed by atoms with Gasteiger partial charge >= 0.3 is 5.70 Å². The summed E-state index contributed by atoms with van der Waals surface area (Å²) in [6, 6.07) is 4.68. The lowest BCUT2D eigenvalue weighted by Crippen LogP contribution is -2.22. The molecule has 0 unspecified atom stereocenters. The molecular weight excluding hydrogens is 399 g/mol. The van der Waals surface area contributed by atoms with E-state index in [0.29, 0.717) is 23.0 Å². The average Bonchev–Trinajstić information content (AvgIpc) is 3.60. The first kappa shape index (κ1) is 26.4. The number of carbonyl (C=O) groups excluding carboxylic acids is 1. The number of nitrogens with two attached hydrogens (primary N) is 1. The molecule has 1 amide bonds. The van der Waals surface area contributed by atoms with Gasteiger partial charge in [0.05, 0.1) is 13.2 Å². The highest BCUT2D eigenvalue weighted by Gasteiger charge is 2.46. The normalized spacial score (nSPS) is 16.6. The molecule has 1 aliphatic carbocycles. The SMILES string of the molecule is CC.CC(C)N.CC[N+]1=CC/1=C(/OCC1(CN=O)CC1)C(=O)Nc1cc(C)cc(F)c1. The van der Waals surface area contributed by atoms with Crippen LogP contribution in [0.2, 0.25) is 0 Å². The zero-order valence-electron chi connectivity index (χ0n) is 19.5.